The zero-order valence-corrected chi connectivity index (χ0v) is 13.9. The SMILES string of the molecule is O=C(O)C1CCN(S(=O)(=O)CCc2ccccc2Br)CC1. The van der Waals surface area contributed by atoms with Crippen LogP contribution in [0.25, 0.3) is 0 Å². The molecule has 0 bridgehead atoms. The molecule has 0 radical (unpaired) electrons. The molecule has 1 aromatic carbocycles. The Bertz CT molecular complexity index is 609. The molecule has 0 aromatic heterocycles. The van der Waals surface area contributed by atoms with Gasteiger partial charge in [-0.05, 0) is 30.9 Å². The van der Waals surface area contributed by atoms with E-state index in [9.17, 15) is 13.2 Å². The van der Waals surface area contributed by atoms with Gasteiger partial charge in [-0.3, -0.25) is 4.79 Å². The van der Waals surface area contributed by atoms with Crippen LogP contribution in [0, 0.1) is 5.92 Å². The fraction of sp³-hybridized carbons (Fsp3) is 0.500. The normalized spacial score (nSPS) is 17.8. The lowest BCUT2D eigenvalue weighted by Gasteiger charge is -2.29. The van der Waals surface area contributed by atoms with Crippen molar-refractivity contribution >= 4 is 31.9 Å². The third kappa shape index (κ3) is 4.28. The number of hydrogen-bond donors (Lipinski definition) is 1. The minimum atomic E-state index is -3.33. The molecule has 0 saturated carbocycles. The molecule has 1 heterocycles. The highest BCUT2D eigenvalue weighted by Crippen LogP contribution is 2.22. The van der Waals surface area contributed by atoms with E-state index in [2.05, 4.69) is 15.9 Å². The van der Waals surface area contributed by atoms with E-state index < -0.39 is 21.9 Å². The number of hydrogen-bond acceptors (Lipinski definition) is 3. The molecule has 0 atom stereocenters. The van der Waals surface area contributed by atoms with Crippen LogP contribution in [0.1, 0.15) is 18.4 Å². The van der Waals surface area contributed by atoms with Crippen LogP contribution in [0.2, 0.25) is 0 Å². The smallest absolute Gasteiger partial charge is 0.306 e. The minimum Gasteiger partial charge on any atom is -0.481 e. The summed E-state index contributed by atoms with van der Waals surface area (Å²) in [6.45, 7) is 0.602. The number of aryl methyl sites for hydroxylation is 1. The quantitative estimate of drug-likeness (QED) is 0.854. The molecule has 1 aromatic rings. The van der Waals surface area contributed by atoms with Gasteiger partial charge in [0.15, 0.2) is 0 Å². The molecule has 2 rings (SSSR count). The first-order valence-electron chi connectivity index (χ1n) is 6.84. The number of sulfonamides is 1. The van der Waals surface area contributed by atoms with E-state index in [1.54, 1.807) is 0 Å². The fourth-order valence-corrected chi connectivity index (χ4v) is 4.44. The van der Waals surface area contributed by atoms with Crippen molar-refractivity contribution in [3.8, 4) is 0 Å². The second kappa shape index (κ2) is 6.89. The standard InChI is InChI=1S/C14H18BrNO4S/c15-13-4-2-1-3-11(13)7-10-21(19,20)16-8-5-12(6-9-16)14(17)18/h1-4,12H,5-10H2,(H,17,18). The van der Waals surface area contributed by atoms with Gasteiger partial charge in [0.1, 0.15) is 0 Å². The monoisotopic (exact) mass is 375 g/mol. The number of aliphatic carboxylic acids is 1. The van der Waals surface area contributed by atoms with Crippen LogP contribution < -0.4 is 0 Å². The van der Waals surface area contributed by atoms with E-state index >= 15 is 0 Å². The molecule has 0 aliphatic carbocycles. The van der Waals surface area contributed by atoms with Gasteiger partial charge in [0.25, 0.3) is 0 Å². The van der Waals surface area contributed by atoms with Gasteiger partial charge in [-0.1, -0.05) is 34.1 Å². The Labute approximate surface area is 133 Å². The second-order valence-corrected chi connectivity index (χ2v) is 8.11. The molecule has 0 spiro atoms. The van der Waals surface area contributed by atoms with Crippen LogP contribution in [0.3, 0.4) is 0 Å². The summed E-state index contributed by atoms with van der Waals surface area (Å²) in [6, 6.07) is 7.56. The summed E-state index contributed by atoms with van der Waals surface area (Å²) >= 11 is 3.41. The number of nitrogens with zero attached hydrogens (tertiary/aromatic N) is 1. The molecule has 5 nitrogen and oxygen atoms in total. The summed E-state index contributed by atoms with van der Waals surface area (Å²) in [5, 5.41) is 8.94. The Morgan fingerprint density at radius 3 is 2.48 bits per heavy atom. The van der Waals surface area contributed by atoms with Crippen molar-refractivity contribution in [2.75, 3.05) is 18.8 Å². The number of carboxylic acid groups (broad SMARTS) is 1. The molecule has 7 heteroatoms. The van der Waals surface area contributed by atoms with Crippen molar-refractivity contribution in [3.63, 3.8) is 0 Å². The summed E-state index contributed by atoms with van der Waals surface area (Å²) in [6.07, 6.45) is 1.23. The molecule has 116 valence electrons. The first kappa shape index (κ1) is 16.5. The summed E-state index contributed by atoms with van der Waals surface area (Å²) in [7, 11) is -3.33. The molecule has 1 fully saturated rings. The predicted octanol–water partition coefficient (Wildman–Crippen LogP) is 2.12. The maximum absolute atomic E-state index is 12.3. The van der Waals surface area contributed by atoms with Crippen LogP contribution >= 0.6 is 15.9 Å². The Kier molecular flexibility index (Phi) is 5.40. The highest BCUT2D eigenvalue weighted by atomic mass is 79.9. The summed E-state index contributed by atoms with van der Waals surface area (Å²) in [5.74, 6) is -1.20. The highest BCUT2D eigenvalue weighted by Gasteiger charge is 2.30. The zero-order valence-electron chi connectivity index (χ0n) is 11.5. The number of piperidine rings is 1. The number of carboxylic acids is 1. The lowest BCUT2D eigenvalue weighted by molar-refractivity contribution is -0.142. The van der Waals surface area contributed by atoms with E-state index in [-0.39, 0.29) is 5.75 Å². The van der Waals surface area contributed by atoms with Gasteiger partial charge in [-0.2, -0.15) is 0 Å². The predicted molar refractivity (Wildman–Crippen MR) is 83.6 cm³/mol. The molecule has 1 N–H and O–H groups in total. The van der Waals surface area contributed by atoms with Gasteiger partial charge in [0, 0.05) is 17.6 Å². The lowest BCUT2D eigenvalue weighted by atomic mass is 9.99. The molecule has 1 aliphatic heterocycles. The molecule has 1 saturated heterocycles. The first-order valence-corrected chi connectivity index (χ1v) is 9.24. The fourth-order valence-electron chi connectivity index (χ4n) is 2.45. The van der Waals surface area contributed by atoms with Crippen molar-refractivity contribution in [2.45, 2.75) is 19.3 Å². The number of benzene rings is 1. The van der Waals surface area contributed by atoms with E-state index in [4.69, 9.17) is 5.11 Å². The zero-order chi connectivity index (χ0) is 15.5. The Morgan fingerprint density at radius 2 is 1.90 bits per heavy atom. The number of carbonyl (C=O) groups is 1. The van der Waals surface area contributed by atoms with E-state index in [0.717, 1.165) is 10.0 Å². The Morgan fingerprint density at radius 1 is 1.29 bits per heavy atom. The minimum absolute atomic E-state index is 0.0490. The largest absolute Gasteiger partial charge is 0.481 e. The van der Waals surface area contributed by atoms with Crippen molar-refractivity contribution < 1.29 is 18.3 Å². The van der Waals surface area contributed by atoms with E-state index in [1.807, 2.05) is 24.3 Å². The lowest BCUT2D eigenvalue weighted by Crippen LogP contribution is -2.41. The van der Waals surface area contributed by atoms with Crippen LogP contribution in [-0.4, -0.2) is 42.6 Å². The Balaban J connectivity index is 1.94. The summed E-state index contributed by atoms with van der Waals surface area (Å²) in [5.41, 5.74) is 0.960. The first-order chi connectivity index (χ1) is 9.90. The summed E-state index contributed by atoms with van der Waals surface area (Å²) < 4.78 is 26.9. The molecule has 0 amide bonds. The number of rotatable bonds is 5. The molecule has 1 aliphatic rings. The van der Waals surface area contributed by atoms with Crippen molar-refractivity contribution in [3.05, 3.63) is 34.3 Å². The van der Waals surface area contributed by atoms with Gasteiger partial charge in [-0.25, -0.2) is 12.7 Å². The second-order valence-electron chi connectivity index (χ2n) is 5.17. The summed E-state index contributed by atoms with van der Waals surface area (Å²) in [4.78, 5) is 10.9. The average molecular weight is 376 g/mol. The van der Waals surface area contributed by atoms with Crippen LogP contribution in [0.15, 0.2) is 28.7 Å². The van der Waals surface area contributed by atoms with Crippen LogP contribution in [0.4, 0.5) is 0 Å². The maximum Gasteiger partial charge on any atom is 0.306 e. The maximum atomic E-state index is 12.3. The van der Waals surface area contributed by atoms with Gasteiger partial charge in [-0.15, -0.1) is 0 Å². The topological polar surface area (TPSA) is 74.7 Å². The van der Waals surface area contributed by atoms with Gasteiger partial charge >= 0.3 is 5.97 Å². The third-order valence-electron chi connectivity index (χ3n) is 3.78. The van der Waals surface area contributed by atoms with Gasteiger partial charge < -0.3 is 5.11 Å². The Hall–Kier alpha value is -0.920. The van der Waals surface area contributed by atoms with Crippen molar-refractivity contribution in [1.82, 2.24) is 4.31 Å². The van der Waals surface area contributed by atoms with Crippen molar-refractivity contribution in [1.29, 1.82) is 0 Å². The van der Waals surface area contributed by atoms with Crippen LogP contribution in [-0.2, 0) is 21.2 Å². The van der Waals surface area contributed by atoms with Gasteiger partial charge in [0.2, 0.25) is 10.0 Å². The van der Waals surface area contributed by atoms with Crippen molar-refractivity contribution in [2.24, 2.45) is 5.92 Å². The molecular formula is C14H18BrNO4S. The molecule has 21 heavy (non-hydrogen) atoms. The third-order valence-corrected chi connectivity index (χ3v) is 6.43. The van der Waals surface area contributed by atoms with E-state index in [0.29, 0.717) is 32.4 Å². The number of halogens is 1. The van der Waals surface area contributed by atoms with Crippen LogP contribution in [0.5, 0.6) is 0 Å². The average Bonchev–Trinajstić information content (AvgIpc) is 2.46. The van der Waals surface area contributed by atoms with E-state index in [1.165, 1.54) is 4.31 Å². The highest BCUT2D eigenvalue weighted by molar-refractivity contribution is 9.10. The molecule has 0 unspecified atom stereocenters. The molecular weight excluding hydrogens is 358 g/mol. The van der Waals surface area contributed by atoms with Gasteiger partial charge in [0.05, 0.1) is 11.7 Å².